The average molecular weight is 451 g/mol. The van der Waals surface area contributed by atoms with Crippen LogP contribution in [0.15, 0.2) is 6.20 Å². The van der Waals surface area contributed by atoms with Gasteiger partial charge in [0.25, 0.3) is 0 Å². The second kappa shape index (κ2) is 8.60. The molecule has 3 fully saturated rings. The van der Waals surface area contributed by atoms with Crippen molar-refractivity contribution in [3.63, 3.8) is 0 Å². The zero-order valence-electron chi connectivity index (χ0n) is 19.7. The number of hydrogen-bond donors (Lipinski definition) is 3. The number of anilines is 1. The Morgan fingerprint density at radius 2 is 2.03 bits per heavy atom. The minimum atomic E-state index is -0.552. The van der Waals surface area contributed by atoms with Crippen molar-refractivity contribution in [3.05, 3.63) is 12.0 Å². The summed E-state index contributed by atoms with van der Waals surface area (Å²) in [6.07, 6.45) is 0.796. The van der Waals surface area contributed by atoms with Gasteiger partial charge in [-0.2, -0.15) is 4.98 Å². The van der Waals surface area contributed by atoms with Crippen molar-refractivity contribution in [2.75, 3.05) is 38.6 Å². The largest absolute Gasteiger partial charge is 0.464 e. The van der Waals surface area contributed by atoms with Crippen LogP contribution in [0.2, 0.25) is 0 Å². The molecule has 4 heterocycles. The van der Waals surface area contributed by atoms with Gasteiger partial charge < -0.3 is 19.9 Å². The van der Waals surface area contributed by atoms with Gasteiger partial charge in [-0.1, -0.05) is 0 Å². The lowest BCUT2D eigenvalue weighted by Crippen LogP contribution is -2.63. The van der Waals surface area contributed by atoms with Crippen LogP contribution in [-0.2, 0) is 0 Å². The number of urea groups is 1. The van der Waals surface area contributed by atoms with E-state index in [4.69, 9.17) is 4.74 Å². The molecule has 11 heteroatoms. The van der Waals surface area contributed by atoms with E-state index in [2.05, 4.69) is 65.8 Å². The molecule has 0 radical (unpaired) electrons. The Kier molecular flexibility index (Phi) is 6.17. The number of hydrogen-bond acceptors (Lipinski definition) is 8. The highest BCUT2D eigenvalue weighted by atomic mass is 19.1. The molecule has 3 saturated heterocycles. The summed E-state index contributed by atoms with van der Waals surface area (Å²) in [6.45, 7) is 12.7. The molecule has 4 rings (SSSR count). The van der Waals surface area contributed by atoms with E-state index in [1.807, 2.05) is 16.7 Å². The first kappa shape index (κ1) is 22.9. The number of likely N-dealkylation sites (N-methyl/N-ethyl adjacent to an activating group) is 1. The first-order valence-electron chi connectivity index (χ1n) is 11.3. The zero-order chi connectivity index (χ0) is 23.2. The third-order valence-electron chi connectivity index (χ3n) is 7.16. The van der Waals surface area contributed by atoms with Crippen LogP contribution in [0.25, 0.3) is 0 Å². The maximum Gasteiger partial charge on any atom is 0.320 e. The highest BCUT2D eigenvalue weighted by Gasteiger charge is 2.56. The molecule has 3 aliphatic heterocycles. The number of aromatic nitrogens is 2. The van der Waals surface area contributed by atoms with Crippen LogP contribution >= 0.6 is 0 Å². The SMILES string of the molecule is CCOc1ncc(F)c(NC2NNC3C2CN(C(=O)N2C[C@H](C)N(C)C[C@@H]2C)C3(C)C)n1. The number of fused-ring (bicyclic) bond motifs is 1. The molecule has 0 aliphatic carbocycles. The standard InChI is InChI=1S/C21H35FN8O2/c1-7-32-19-23-8-15(22)18(25-19)24-17-14-11-30(21(4,5)16(14)26-27-17)20(31)29-10-12(2)28(6)9-13(29)3/h8,12-14,16-17,26-27H,7,9-11H2,1-6H3,(H,23,24,25)/t12-,13-,14?,16?,17?/m0/s1. The predicted molar refractivity (Wildman–Crippen MR) is 119 cm³/mol. The Hall–Kier alpha value is -2.24. The van der Waals surface area contributed by atoms with Gasteiger partial charge >= 0.3 is 12.0 Å². The summed E-state index contributed by atoms with van der Waals surface area (Å²) in [5, 5.41) is 3.14. The molecule has 2 amide bonds. The smallest absolute Gasteiger partial charge is 0.320 e. The van der Waals surface area contributed by atoms with Crippen molar-refractivity contribution < 1.29 is 13.9 Å². The third-order valence-corrected chi connectivity index (χ3v) is 7.16. The fraction of sp³-hybridized carbons (Fsp3) is 0.762. The molecule has 5 atom stereocenters. The molecule has 1 aromatic rings. The topological polar surface area (TPSA) is 97.9 Å². The number of piperazine rings is 1. The Morgan fingerprint density at radius 1 is 1.28 bits per heavy atom. The first-order chi connectivity index (χ1) is 15.1. The summed E-state index contributed by atoms with van der Waals surface area (Å²) in [5.74, 6) is -0.448. The Morgan fingerprint density at radius 3 is 2.75 bits per heavy atom. The predicted octanol–water partition coefficient (Wildman–Crippen LogP) is 1.08. The summed E-state index contributed by atoms with van der Waals surface area (Å²) in [7, 11) is 2.10. The molecule has 0 aromatic carbocycles. The fourth-order valence-corrected chi connectivity index (χ4v) is 5.10. The number of hydrazine groups is 1. The van der Waals surface area contributed by atoms with E-state index in [-0.39, 0.29) is 42.0 Å². The van der Waals surface area contributed by atoms with E-state index in [1.54, 1.807) is 0 Å². The van der Waals surface area contributed by atoms with Crippen LogP contribution in [0.5, 0.6) is 6.01 Å². The van der Waals surface area contributed by atoms with Gasteiger partial charge in [0.05, 0.1) is 30.6 Å². The minimum absolute atomic E-state index is 0.000374. The van der Waals surface area contributed by atoms with Gasteiger partial charge in [0, 0.05) is 37.6 Å². The lowest BCUT2D eigenvalue weighted by Gasteiger charge is -2.46. The number of carbonyl (C=O) groups is 1. The van der Waals surface area contributed by atoms with Crippen molar-refractivity contribution in [2.45, 2.75) is 64.4 Å². The molecule has 3 aliphatic rings. The van der Waals surface area contributed by atoms with E-state index >= 15 is 0 Å². The molecule has 32 heavy (non-hydrogen) atoms. The van der Waals surface area contributed by atoms with Crippen LogP contribution in [-0.4, -0.2) is 93.8 Å². The molecule has 178 valence electrons. The van der Waals surface area contributed by atoms with Gasteiger partial charge in [-0.15, -0.1) is 0 Å². The monoisotopic (exact) mass is 450 g/mol. The Labute approximate surface area is 188 Å². The number of likely N-dealkylation sites (tertiary alicyclic amines) is 1. The number of rotatable bonds is 4. The summed E-state index contributed by atoms with van der Waals surface area (Å²) in [6, 6.07) is 0.646. The quantitative estimate of drug-likeness (QED) is 0.627. The van der Waals surface area contributed by atoms with Gasteiger partial charge in [-0.3, -0.25) is 10.3 Å². The Bertz CT molecular complexity index is 855. The minimum Gasteiger partial charge on any atom is -0.464 e. The molecule has 3 unspecified atom stereocenters. The van der Waals surface area contributed by atoms with Crippen LogP contribution in [0.1, 0.15) is 34.6 Å². The van der Waals surface area contributed by atoms with Gasteiger partial charge in [0.2, 0.25) is 0 Å². The van der Waals surface area contributed by atoms with Crippen LogP contribution in [0.3, 0.4) is 0 Å². The molecule has 3 N–H and O–H groups in total. The lowest BCUT2D eigenvalue weighted by molar-refractivity contribution is 0.0502. The van der Waals surface area contributed by atoms with Crippen molar-refractivity contribution >= 4 is 11.8 Å². The normalized spacial score (nSPS) is 32.2. The van der Waals surface area contributed by atoms with Gasteiger partial charge in [0.1, 0.15) is 0 Å². The zero-order valence-corrected chi connectivity index (χ0v) is 19.7. The van der Waals surface area contributed by atoms with E-state index in [1.165, 1.54) is 0 Å². The summed E-state index contributed by atoms with van der Waals surface area (Å²) in [4.78, 5) is 27.8. The number of halogens is 1. The van der Waals surface area contributed by atoms with Gasteiger partial charge in [-0.05, 0) is 41.7 Å². The summed E-state index contributed by atoms with van der Waals surface area (Å²) in [5.41, 5.74) is 6.12. The van der Waals surface area contributed by atoms with E-state index in [0.717, 1.165) is 12.7 Å². The van der Waals surface area contributed by atoms with E-state index in [0.29, 0.717) is 25.7 Å². The third kappa shape index (κ3) is 3.97. The number of carbonyl (C=O) groups excluding carboxylic acids is 1. The van der Waals surface area contributed by atoms with Crippen LogP contribution in [0.4, 0.5) is 15.0 Å². The van der Waals surface area contributed by atoms with Crippen molar-refractivity contribution in [1.82, 2.24) is 35.5 Å². The van der Waals surface area contributed by atoms with Crippen molar-refractivity contribution in [1.29, 1.82) is 0 Å². The molecular weight excluding hydrogens is 415 g/mol. The maximum absolute atomic E-state index is 14.4. The molecule has 0 saturated carbocycles. The average Bonchev–Trinajstić information content (AvgIpc) is 3.25. The summed E-state index contributed by atoms with van der Waals surface area (Å²) >= 11 is 0. The van der Waals surface area contributed by atoms with Gasteiger partial charge in [-0.25, -0.2) is 19.6 Å². The Balaban J connectivity index is 1.50. The van der Waals surface area contributed by atoms with E-state index in [9.17, 15) is 9.18 Å². The summed E-state index contributed by atoms with van der Waals surface area (Å²) < 4.78 is 19.7. The maximum atomic E-state index is 14.4. The highest BCUT2D eigenvalue weighted by Crippen LogP contribution is 2.38. The van der Waals surface area contributed by atoms with E-state index < -0.39 is 11.4 Å². The fourth-order valence-electron chi connectivity index (χ4n) is 5.10. The van der Waals surface area contributed by atoms with Crippen LogP contribution in [0, 0.1) is 11.7 Å². The number of amides is 2. The lowest BCUT2D eigenvalue weighted by atomic mass is 9.90. The van der Waals surface area contributed by atoms with Crippen molar-refractivity contribution in [3.8, 4) is 6.01 Å². The number of ether oxygens (including phenoxy) is 1. The first-order valence-corrected chi connectivity index (χ1v) is 11.3. The highest BCUT2D eigenvalue weighted by molar-refractivity contribution is 5.76. The van der Waals surface area contributed by atoms with Crippen LogP contribution < -0.4 is 20.9 Å². The number of nitrogens with one attached hydrogen (secondary N) is 3. The van der Waals surface area contributed by atoms with Crippen molar-refractivity contribution in [2.24, 2.45) is 5.92 Å². The second-order valence-corrected chi connectivity index (χ2v) is 9.67. The van der Waals surface area contributed by atoms with Gasteiger partial charge in [0.15, 0.2) is 11.6 Å². The molecular formula is C21H35FN8O2. The number of nitrogens with zero attached hydrogens (tertiary/aromatic N) is 5. The molecule has 1 aromatic heterocycles. The second-order valence-electron chi connectivity index (χ2n) is 9.67. The molecule has 0 bridgehead atoms. The molecule has 0 spiro atoms. The molecule has 10 nitrogen and oxygen atoms in total.